The topological polar surface area (TPSA) is 27.0 Å². The Balaban J connectivity index is 1.84. The summed E-state index contributed by atoms with van der Waals surface area (Å²) in [6.45, 7) is 5.08. The van der Waals surface area contributed by atoms with Crippen LogP contribution in [-0.2, 0) is 0 Å². The van der Waals surface area contributed by atoms with Gasteiger partial charge in [0.1, 0.15) is 0 Å². The Kier molecular flexibility index (Phi) is 4.91. The van der Waals surface area contributed by atoms with Crippen LogP contribution in [0.25, 0.3) is 16.7 Å². The minimum atomic E-state index is 0.667. The average molecular weight is 360 g/mol. The average Bonchev–Trinajstić information content (AvgIpc) is 2.83. The maximum atomic E-state index is 9.03. The number of allylic oxidation sites excluding steroid dienone is 4. The maximum Gasteiger partial charge on any atom is 0.0991 e. The van der Waals surface area contributed by atoms with Crippen molar-refractivity contribution < 1.29 is 0 Å². The van der Waals surface area contributed by atoms with Crippen molar-refractivity contribution in [3.8, 4) is 17.2 Å². The molecule has 0 amide bonds. The molecule has 134 valence electrons. The predicted octanol–water partition coefficient (Wildman–Crippen LogP) is 6.50. The fourth-order valence-corrected chi connectivity index (χ4v) is 3.40. The van der Waals surface area contributed by atoms with Gasteiger partial charge in [0.05, 0.1) is 11.6 Å². The minimum absolute atomic E-state index is 0.667. The number of hydrogen-bond donors (Lipinski definition) is 0. The highest BCUT2D eigenvalue weighted by molar-refractivity contribution is 5.87. The smallest absolute Gasteiger partial charge is 0.0991 e. The summed E-state index contributed by atoms with van der Waals surface area (Å²) in [6, 6.07) is 26.7. The van der Waals surface area contributed by atoms with Gasteiger partial charge in [0, 0.05) is 23.5 Å². The highest BCUT2D eigenvalue weighted by Gasteiger charge is 2.15. The molecule has 0 aliphatic carbocycles. The van der Waals surface area contributed by atoms with E-state index >= 15 is 0 Å². The molecule has 0 atom stereocenters. The number of para-hydroxylation sites is 1. The first-order valence-corrected chi connectivity index (χ1v) is 9.26. The molecule has 0 aromatic heterocycles. The fourth-order valence-electron chi connectivity index (χ4n) is 3.40. The van der Waals surface area contributed by atoms with Crippen LogP contribution in [-0.4, -0.2) is 6.54 Å². The van der Waals surface area contributed by atoms with Gasteiger partial charge < -0.3 is 4.90 Å². The molecule has 0 N–H and O–H groups in total. The van der Waals surface area contributed by atoms with Gasteiger partial charge in [-0.25, -0.2) is 0 Å². The lowest BCUT2D eigenvalue weighted by Crippen LogP contribution is -2.18. The Morgan fingerprint density at radius 3 is 2.36 bits per heavy atom. The molecule has 0 saturated heterocycles. The second kappa shape index (κ2) is 7.82. The molecule has 3 aromatic carbocycles. The number of nitrogens with zero attached hydrogens (tertiary/aromatic N) is 2. The van der Waals surface area contributed by atoms with E-state index in [1.807, 2.05) is 42.5 Å². The Morgan fingerprint density at radius 1 is 0.857 bits per heavy atom. The largest absolute Gasteiger partial charge is 0.337 e. The molecule has 3 aromatic rings. The van der Waals surface area contributed by atoms with Gasteiger partial charge in [-0.2, -0.15) is 5.26 Å². The molecule has 0 bridgehead atoms. The Labute approximate surface area is 166 Å². The molecule has 1 heterocycles. The van der Waals surface area contributed by atoms with Gasteiger partial charge in [0.15, 0.2) is 0 Å². The second-order valence-electron chi connectivity index (χ2n) is 6.68. The van der Waals surface area contributed by atoms with E-state index in [-0.39, 0.29) is 0 Å². The van der Waals surface area contributed by atoms with Gasteiger partial charge in [0.2, 0.25) is 0 Å². The van der Waals surface area contributed by atoms with Crippen molar-refractivity contribution >= 4 is 16.9 Å². The Hall–Kier alpha value is -3.83. The van der Waals surface area contributed by atoms with Crippen molar-refractivity contribution in [3.05, 3.63) is 115 Å². The maximum absolute atomic E-state index is 9.03. The van der Waals surface area contributed by atoms with Crippen molar-refractivity contribution in [2.45, 2.75) is 0 Å². The lowest BCUT2D eigenvalue weighted by Gasteiger charge is -2.26. The van der Waals surface area contributed by atoms with Gasteiger partial charge in [0.25, 0.3) is 0 Å². The van der Waals surface area contributed by atoms with E-state index in [0.29, 0.717) is 5.56 Å². The molecule has 0 radical (unpaired) electrons. The van der Waals surface area contributed by atoms with Crippen LogP contribution in [0, 0.1) is 11.3 Å². The first-order chi connectivity index (χ1) is 13.8. The molecule has 2 heteroatoms. The van der Waals surface area contributed by atoms with Gasteiger partial charge in [-0.05, 0) is 53.1 Å². The normalized spacial score (nSPS) is 15.5. The van der Waals surface area contributed by atoms with Crippen LogP contribution < -0.4 is 4.90 Å². The van der Waals surface area contributed by atoms with E-state index in [9.17, 15) is 0 Å². The third-order valence-corrected chi connectivity index (χ3v) is 4.88. The van der Waals surface area contributed by atoms with Crippen molar-refractivity contribution in [3.63, 3.8) is 0 Å². The van der Waals surface area contributed by atoms with Gasteiger partial charge in [-0.3, -0.25) is 0 Å². The summed E-state index contributed by atoms with van der Waals surface area (Å²) in [4.78, 5) is 2.30. The quantitative estimate of drug-likeness (QED) is 0.521. The zero-order valence-corrected chi connectivity index (χ0v) is 15.5. The van der Waals surface area contributed by atoms with Crippen LogP contribution in [0.2, 0.25) is 0 Å². The Morgan fingerprint density at radius 2 is 1.61 bits per heavy atom. The van der Waals surface area contributed by atoms with Crippen LogP contribution >= 0.6 is 0 Å². The van der Waals surface area contributed by atoms with Crippen LogP contribution in [0.1, 0.15) is 11.1 Å². The third kappa shape index (κ3) is 3.51. The van der Waals surface area contributed by atoms with Crippen LogP contribution in [0.15, 0.2) is 104 Å². The van der Waals surface area contributed by atoms with Crippen molar-refractivity contribution in [1.82, 2.24) is 0 Å². The molecular formula is C26H20N2. The molecule has 2 nitrogen and oxygen atoms in total. The minimum Gasteiger partial charge on any atom is -0.337 e. The summed E-state index contributed by atoms with van der Waals surface area (Å²) >= 11 is 0. The number of anilines is 2. The summed E-state index contributed by atoms with van der Waals surface area (Å²) in [5.41, 5.74) is 7.21. The SMILES string of the molecule is C=C1/C=C\C=C/CN(c2ccccc2)c2ccc(-c3ccc(C#N)cc3)cc21. The molecular weight excluding hydrogens is 340 g/mol. The van der Waals surface area contributed by atoms with Crippen molar-refractivity contribution in [1.29, 1.82) is 5.26 Å². The molecule has 1 aliphatic rings. The first kappa shape index (κ1) is 17.6. The van der Waals surface area contributed by atoms with Gasteiger partial charge in [-0.1, -0.05) is 67.3 Å². The number of nitriles is 1. The molecule has 0 fully saturated rings. The molecule has 28 heavy (non-hydrogen) atoms. The summed E-state index contributed by atoms with van der Waals surface area (Å²) < 4.78 is 0. The van der Waals surface area contributed by atoms with Crippen molar-refractivity contribution in [2.75, 3.05) is 11.4 Å². The second-order valence-corrected chi connectivity index (χ2v) is 6.68. The standard InChI is InChI=1S/C26H20N2/c1-20-8-4-3-7-17-28(24-9-5-2-6-10-24)26-16-15-23(18-25(20)26)22-13-11-21(19-27)12-14-22/h2-16,18H,1,17H2/b7-3-,8-4-. The number of hydrogen-bond acceptors (Lipinski definition) is 2. The number of fused-ring (bicyclic) bond motifs is 1. The molecule has 1 aliphatic heterocycles. The van der Waals surface area contributed by atoms with Crippen LogP contribution in [0.3, 0.4) is 0 Å². The summed E-state index contributed by atoms with van der Waals surface area (Å²) in [5.74, 6) is 0. The monoisotopic (exact) mass is 360 g/mol. The molecule has 0 saturated carbocycles. The summed E-state index contributed by atoms with van der Waals surface area (Å²) in [6.07, 6.45) is 8.30. The molecule has 0 spiro atoms. The van der Waals surface area contributed by atoms with E-state index in [4.69, 9.17) is 5.26 Å². The predicted molar refractivity (Wildman–Crippen MR) is 117 cm³/mol. The lowest BCUT2D eigenvalue weighted by molar-refractivity contribution is 1.09. The lowest BCUT2D eigenvalue weighted by atomic mass is 9.96. The van der Waals surface area contributed by atoms with E-state index < -0.39 is 0 Å². The summed E-state index contributed by atoms with van der Waals surface area (Å²) in [7, 11) is 0. The Bertz CT molecular complexity index is 1100. The highest BCUT2D eigenvalue weighted by atomic mass is 15.1. The zero-order chi connectivity index (χ0) is 19.3. The van der Waals surface area contributed by atoms with Crippen LogP contribution in [0.4, 0.5) is 11.4 Å². The van der Waals surface area contributed by atoms with Gasteiger partial charge >= 0.3 is 0 Å². The fraction of sp³-hybridized carbons (Fsp3) is 0.0385. The molecule has 4 rings (SSSR count). The van der Waals surface area contributed by atoms with E-state index in [1.54, 1.807) is 0 Å². The van der Waals surface area contributed by atoms with Crippen molar-refractivity contribution in [2.24, 2.45) is 0 Å². The van der Waals surface area contributed by atoms with E-state index in [2.05, 4.69) is 72.2 Å². The van der Waals surface area contributed by atoms with Crippen LogP contribution in [0.5, 0.6) is 0 Å². The molecule has 0 unspecified atom stereocenters. The summed E-state index contributed by atoms with van der Waals surface area (Å²) in [5, 5.41) is 9.03. The zero-order valence-electron chi connectivity index (χ0n) is 15.5. The number of benzene rings is 3. The third-order valence-electron chi connectivity index (χ3n) is 4.88. The highest BCUT2D eigenvalue weighted by Crippen LogP contribution is 2.36. The van der Waals surface area contributed by atoms with E-state index in [1.165, 1.54) is 0 Å². The first-order valence-electron chi connectivity index (χ1n) is 9.26. The van der Waals surface area contributed by atoms with Gasteiger partial charge in [-0.15, -0.1) is 0 Å². The van der Waals surface area contributed by atoms with E-state index in [0.717, 1.165) is 40.2 Å². The number of rotatable bonds is 2.